The van der Waals surface area contributed by atoms with Gasteiger partial charge in [0.25, 0.3) is 0 Å². The molecule has 1 amide bonds. The quantitative estimate of drug-likeness (QED) is 0.366. The van der Waals surface area contributed by atoms with Crippen molar-refractivity contribution in [3.05, 3.63) is 42.0 Å². The van der Waals surface area contributed by atoms with Gasteiger partial charge in [0.15, 0.2) is 0 Å². The zero-order valence-electron chi connectivity index (χ0n) is 18.7. The van der Waals surface area contributed by atoms with Gasteiger partial charge in [0.05, 0.1) is 6.61 Å². The molecule has 1 heterocycles. The highest BCUT2D eigenvalue weighted by Gasteiger charge is 2.47. The molecule has 1 N–H and O–H groups in total. The second kappa shape index (κ2) is 11.5. The maximum Gasteiger partial charge on any atom is 0.409 e. The summed E-state index contributed by atoms with van der Waals surface area (Å²) in [5, 5.41) is 2.47. The van der Waals surface area contributed by atoms with E-state index in [1.807, 2.05) is 12.1 Å². The Morgan fingerprint density at radius 3 is 2.38 bits per heavy atom. The number of ether oxygens (including phenoxy) is 1. The SMILES string of the molecule is CCCCCCCCCCOc1cc(C(N2CCC(=O)N2)C(F)(F)F)cc2ccccc12. The number of fused-ring (bicyclic) bond motifs is 1. The zero-order valence-corrected chi connectivity index (χ0v) is 18.7. The smallest absolute Gasteiger partial charge is 0.409 e. The number of alkyl halides is 3. The Morgan fingerprint density at radius 1 is 1.03 bits per heavy atom. The van der Waals surface area contributed by atoms with Crippen molar-refractivity contribution in [3.8, 4) is 5.75 Å². The number of halogens is 3. The van der Waals surface area contributed by atoms with Gasteiger partial charge in [0, 0.05) is 18.4 Å². The molecule has 176 valence electrons. The van der Waals surface area contributed by atoms with Gasteiger partial charge in [-0.3, -0.25) is 10.2 Å². The summed E-state index contributed by atoms with van der Waals surface area (Å²) in [4.78, 5) is 11.6. The highest BCUT2D eigenvalue weighted by Crippen LogP contribution is 2.41. The third kappa shape index (κ3) is 6.61. The minimum atomic E-state index is -4.53. The lowest BCUT2D eigenvalue weighted by molar-refractivity contribution is -0.191. The number of amides is 1. The number of carbonyl (C=O) groups is 1. The molecule has 1 aliphatic rings. The highest BCUT2D eigenvalue weighted by molar-refractivity contribution is 5.89. The molecular formula is C25H33F3N2O2. The Hall–Kier alpha value is -2.28. The molecule has 2 aromatic rings. The van der Waals surface area contributed by atoms with Gasteiger partial charge in [0.2, 0.25) is 5.91 Å². The van der Waals surface area contributed by atoms with Gasteiger partial charge in [0.1, 0.15) is 11.8 Å². The van der Waals surface area contributed by atoms with E-state index in [4.69, 9.17) is 4.74 Å². The fourth-order valence-electron chi connectivity index (χ4n) is 4.23. The van der Waals surface area contributed by atoms with Crippen LogP contribution in [0.2, 0.25) is 0 Å². The molecule has 3 rings (SSSR count). The van der Waals surface area contributed by atoms with E-state index in [2.05, 4.69) is 12.3 Å². The molecule has 1 saturated heterocycles. The largest absolute Gasteiger partial charge is 0.493 e. The summed E-state index contributed by atoms with van der Waals surface area (Å²) in [5.41, 5.74) is 2.42. The Morgan fingerprint density at radius 2 is 1.72 bits per heavy atom. The summed E-state index contributed by atoms with van der Waals surface area (Å²) in [6.45, 7) is 2.69. The number of carbonyl (C=O) groups excluding carboxylic acids is 1. The van der Waals surface area contributed by atoms with Crippen molar-refractivity contribution in [3.63, 3.8) is 0 Å². The van der Waals surface area contributed by atoms with Gasteiger partial charge in [-0.2, -0.15) is 13.2 Å². The first-order valence-corrected chi connectivity index (χ1v) is 11.7. The maximum absolute atomic E-state index is 14.0. The van der Waals surface area contributed by atoms with Crippen molar-refractivity contribution in [2.75, 3.05) is 13.2 Å². The van der Waals surface area contributed by atoms with Crippen molar-refractivity contribution < 1.29 is 22.7 Å². The van der Waals surface area contributed by atoms with Crippen LogP contribution >= 0.6 is 0 Å². The molecule has 2 aromatic carbocycles. The Bertz CT molecular complexity index is 885. The number of unbranched alkanes of at least 4 members (excludes halogenated alkanes) is 7. The number of nitrogens with zero attached hydrogens (tertiary/aromatic N) is 1. The van der Waals surface area contributed by atoms with Crippen LogP contribution in [0.15, 0.2) is 36.4 Å². The van der Waals surface area contributed by atoms with Crippen molar-refractivity contribution in [2.45, 2.75) is 76.9 Å². The number of hydrogen-bond acceptors (Lipinski definition) is 3. The van der Waals surface area contributed by atoms with Crippen LogP contribution < -0.4 is 10.2 Å². The fraction of sp³-hybridized carbons (Fsp3) is 0.560. The molecule has 1 atom stereocenters. The van der Waals surface area contributed by atoms with Crippen molar-refractivity contribution >= 4 is 16.7 Å². The van der Waals surface area contributed by atoms with E-state index in [-0.39, 0.29) is 18.5 Å². The Balaban J connectivity index is 1.70. The molecule has 0 spiro atoms. The van der Waals surface area contributed by atoms with Crippen molar-refractivity contribution in [1.82, 2.24) is 10.4 Å². The van der Waals surface area contributed by atoms with E-state index in [0.29, 0.717) is 17.7 Å². The van der Waals surface area contributed by atoms with E-state index in [1.165, 1.54) is 38.2 Å². The first kappa shape index (κ1) is 24.4. The summed E-state index contributed by atoms with van der Waals surface area (Å²) in [5.74, 6) is 0.0621. The second-order valence-corrected chi connectivity index (χ2v) is 8.49. The third-order valence-electron chi connectivity index (χ3n) is 5.89. The van der Waals surface area contributed by atoms with Crippen molar-refractivity contribution in [2.24, 2.45) is 0 Å². The van der Waals surface area contributed by atoms with Gasteiger partial charge >= 0.3 is 6.18 Å². The maximum atomic E-state index is 14.0. The minimum absolute atomic E-state index is 0.0181. The fourth-order valence-corrected chi connectivity index (χ4v) is 4.23. The van der Waals surface area contributed by atoms with Crippen molar-refractivity contribution in [1.29, 1.82) is 0 Å². The zero-order chi connectivity index (χ0) is 23.0. The lowest BCUT2D eigenvalue weighted by Crippen LogP contribution is -2.43. The Labute approximate surface area is 188 Å². The lowest BCUT2D eigenvalue weighted by atomic mass is 10.00. The molecule has 1 fully saturated rings. The van der Waals surface area contributed by atoms with Gasteiger partial charge in [-0.25, -0.2) is 5.01 Å². The van der Waals surface area contributed by atoms with E-state index in [1.54, 1.807) is 18.2 Å². The van der Waals surface area contributed by atoms with Crippen LogP contribution in [-0.2, 0) is 4.79 Å². The number of benzene rings is 2. The van der Waals surface area contributed by atoms with Gasteiger partial charge in [-0.05, 0) is 29.5 Å². The Kier molecular flexibility index (Phi) is 8.79. The van der Waals surface area contributed by atoms with Crippen LogP contribution in [0.5, 0.6) is 5.75 Å². The van der Waals surface area contributed by atoms with E-state index >= 15 is 0 Å². The normalized spacial score (nSPS) is 15.8. The van der Waals surface area contributed by atoms with Crippen LogP contribution in [0.3, 0.4) is 0 Å². The summed E-state index contributed by atoms with van der Waals surface area (Å²) in [6, 6.07) is 8.42. The summed E-state index contributed by atoms with van der Waals surface area (Å²) < 4.78 is 47.9. The number of rotatable bonds is 12. The van der Waals surface area contributed by atoms with Crippen LogP contribution in [0.4, 0.5) is 13.2 Å². The molecule has 0 aromatic heterocycles. The topological polar surface area (TPSA) is 41.6 Å². The molecule has 32 heavy (non-hydrogen) atoms. The van der Waals surface area contributed by atoms with Crippen LogP contribution in [0, 0.1) is 0 Å². The average Bonchev–Trinajstić information content (AvgIpc) is 3.17. The monoisotopic (exact) mass is 450 g/mol. The molecule has 4 nitrogen and oxygen atoms in total. The number of hydrazine groups is 1. The number of hydrogen-bond donors (Lipinski definition) is 1. The van der Waals surface area contributed by atoms with E-state index in [0.717, 1.165) is 29.7 Å². The predicted octanol–water partition coefficient (Wildman–Crippen LogP) is 6.70. The van der Waals surface area contributed by atoms with Crippen LogP contribution in [-0.4, -0.2) is 30.2 Å². The molecule has 0 saturated carbocycles. The summed E-state index contributed by atoms with van der Waals surface area (Å²) in [6.07, 6.45) is 4.87. The number of nitrogens with one attached hydrogen (secondary N) is 1. The summed E-state index contributed by atoms with van der Waals surface area (Å²) >= 11 is 0. The molecule has 0 aliphatic carbocycles. The first-order valence-electron chi connectivity index (χ1n) is 11.7. The third-order valence-corrected chi connectivity index (χ3v) is 5.89. The molecule has 7 heteroatoms. The summed E-state index contributed by atoms with van der Waals surface area (Å²) in [7, 11) is 0. The van der Waals surface area contributed by atoms with E-state index < -0.39 is 18.1 Å². The highest BCUT2D eigenvalue weighted by atomic mass is 19.4. The molecule has 1 unspecified atom stereocenters. The molecular weight excluding hydrogens is 417 g/mol. The predicted molar refractivity (Wildman–Crippen MR) is 120 cm³/mol. The van der Waals surface area contributed by atoms with Gasteiger partial charge < -0.3 is 4.74 Å². The first-order chi connectivity index (χ1) is 15.4. The molecule has 1 aliphatic heterocycles. The molecule has 0 bridgehead atoms. The standard InChI is InChI=1S/C25H33F3N2O2/c1-2-3-4-5-6-7-8-11-16-32-22-18-20(17-19-12-9-10-13-21(19)22)24(25(26,27)28)30-15-14-23(31)29-30/h9-10,12-13,17-18,24H,2-8,11,14-16H2,1H3,(H,29,31). The lowest BCUT2D eigenvalue weighted by Gasteiger charge is -2.29. The van der Waals surface area contributed by atoms with Crippen LogP contribution in [0.1, 0.15) is 76.3 Å². The minimum Gasteiger partial charge on any atom is -0.493 e. The molecule has 0 radical (unpaired) electrons. The van der Waals surface area contributed by atoms with Crippen LogP contribution in [0.25, 0.3) is 10.8 Å². The van der Waals surface area contributed by atoms with Gasteiger partial charge in [-0.1, -0.05) is 76.1 Å². The van der Waals surface area contributed by atoms with E-state index in [9.17, 15) is 18.0 Å². The average molecular weight is 451 g/mol. The second-order valence-electron chi connectivity index (χ2n) is 8.49. The van der Waals surface area contributed by atoms with Gasteiger partial charge in [-0.15, -0.1) is 0 Å².